The molecule has 6 nitrogen and oxygen atoms in total. The van der Waals surface area contributed by atoms with E-state index in [1.54, 1.807) is 17.4 Å². The molecule has 8 heteroatoms. The number of thioether (sulfide) groups is 1. The van der Waals surface area contributed by atoms with Crippen LogP contribution in [0, 0.1) is 12.8 Å². The Morgan fingerprint density at radius 3 is 2.84 bits per heavy atom. The van der Waals surface area contributed by atoms with Crippen LogP contribution in [0.4, 0.5) is 0 Å². The van der Waals surface area contributed by atoms with Gasteiger partial charge in [0.2, 0.25) is 5.91 Å². The fourth-order valence-electron chi connectivity index (χ4n) is 3.08. The lowest BCUT2D eigenvalue weighted by Gasteiger charge is -2.21. The molecule has 1 unspecified atom stereocenters. The van der Waals surface area contributed by atoms with Crippen molar-refractivity contribution in [2.45, 2.75) is 45.1 Å². The minimum absolute atomic E-state index is 0.0115. The van der Waals surface area contributed by atoms with Crippen molar-refractivity contribution in [1.29, 1.82) is 0 Å². The van der Waals surface area contributed by atoms with Crippen molar-refractivity contribution >= 4 is 29.0 Å². The quantitative estimate of drug-likeness (QED) is 0.324. The van der Waals surface area contributed by atoms with E-state index in [1.165, 1.54) is 16.6 Å². The first-order chi connectivity index (χ1) is 15.0. The Morgan fingerprint density at radius 1 is 1.32 bits per heavy atom. The Labute approximate surface area is 191 Å². The molecule has 0 aliphatic rings. The highest BCUT2D eigenvalue weighted by atomic mass is 32.2. The first-order valence-electron chi connectivity index (χ1n) is 10.2. The van der Waals surface area contributed by atoms with Gasteiger partial charge in [0.1, 0.15) is 12.4 Å². The molecule has 31 heavy (non-hydrogen) atoms. The molecular weight excluding hydrogens is 428 g/mol. The van der Waals surface area contributed by atoms with Crippen molar-refractivity contribution < 1.29 is 9.53 Å². The Kier molecular flexibility index (Phi) is 8.31. The molecule has 2 aromatic heterocycles. The first kappa shape index (κ1) is 23.1. The largest absolute Gasteiger partial charge is 0.486 e. The number of carbonyl (C=O) groups is 1. The van der Waals surface area contributed by atoms with Crippen molar-refractivity contribution in [3.63, 3.8) is 0 Å². The van der Waals surface area contributed by atoms with Gasteiger partial charge < -0.3 is 10.1 Å². The van der Waals surface area contributed by atoms with Crippen LogP contribution in [-0.4, -0.2) is 26.4 Å². The fourth-order valence-corrected chi connectivity index (χ4v) is 4.80. The van der Waals surface area contributed by atoms with Gasteiger partial charge in [-0.2, -0.15) is 0 Å². The monoisotopic (exact) mass is 456 g/mol. The van der Waals surface area contributed by atoms with Gasteiger partial charge in [0, 0.05) is 11.4 Å². The van der Waals surface area contributed by atoms with Crippen LogP contribution in [0.2, 0.25) is 0 Å². The van der Waals surface area contributed by atoms with E-state index >= 15 is 0 Å². The van der Waals surface area contributed by atoms with E-state index in [-0.39, 0.29) is 17.7 Å². The number of nitrogens with one attached hydrogen (secondary N) is 1. The second kappa shape index (κ2) is 11.2. The van der Waals surface area contributed by atoms with Gasteiger partial charge in [0.15, 0.2) is 11.0 Å². The molecule has 1 amide bonds. The number of aromatic nitrogens is 3. The summed E-state index contributed by atoms with van der Waals surface area (Å²) in [7, 11) is 0. The summed E-state index contributed by atoms with van der Waals surface area (Å²) in [5, 5.41) is 14.4. The van der Waals surface area contributed by atoms with Crippen molar-refractivity contribution in [3.05, 3.63) is 70.7 Å². The van der Waals surface area contributed by atoms with Crippen LogP contribution in [0.3, 0.4) is 0 Å². The van der Waals surface area contributed by atoms with Crippen molar-refractivity contribution in [3.8, 4) is 5.75 Å². The summed E-state index contributed by atoms with van der Waals surface area (Å²) in [5.74, 6) is 2.03. The lowest BCUT2D eigenvalue weighted by molar-refractivity contribution is -0.119. The van der Waals surface area contributed by atoms with Crippen LogP contribution in [0.25, 0.3) is 0 Å². The maximum Gasteiger partial charge on any atom is 0.230 e. The summed E-state index contributed by atoms with van der Waals surface area (Å²) >= 11 is 3.03. The van der Waals surface area contributed by atoms with Gasteiger partial charge in [-0.15, -0.1) is 28.1 Å². The fraction of sp³-hybridized carbons (Fsp3) is 0.348. The molecule has 0 bridgehead atoms. The van der Waals surface area contributed by atoms with Gasteiger partial charge in [-0.05, 0) is 42.0 Å². The lowest BCUT2D eigenvalue weighted by Crippen LogP contribution is -2.32. The molecule has 1 aromatic carbocycles. The predicted octanol–water partition coefficient (Wildman–Crippen LogP) is 5.02. The van der Waals surface area contributed by atoms with Gasteiger partial charge in [0.25, 0.3) is 0 Å². The third-order valence-electron chi connectivity index (χ3n) is 4.63. The van der Waals surface area contributed by atoms with E-state index in [1.807, 2.05) is 47.2 Å². The lowest BCUT2D eigenvalue weighted by atomic mass is 10.0. The van der Waals surface area contributed by atoms with Crippen molar-refractivity contribution in [2.24, 2.45) is 5.92 Å². The van der Waals surface area contributed by atoms with Crippen LogP contribution >= 0.6 is 23.1 Å². The SMILES string of the molecule is C=CCn1c(COc2cccc(C)c2)nnc1SCC(=O)NC(c1cccs1)C(C)C. The Hall–Kier alpha value is -2.58. The van der Waals surface area contributed by atoms with Crippen LogP contribution in [-0.2, 0) is 17.9 Å². The van der Waals surface area contributed by atoms with Crippen LogP contribution in [0.15, 0.2) is 59.6 Å². The molecule has 0 saturated carbocycles. The molecule has 0 radical (unpaired) electrons. The molecule has 2 heterocycles. The molecular formula is C23H28N4O2S2. The minimum Gasteiger partial charge on any atom is -0.486 e. The summed E-state index contributed by atoms with van der Waals surface area (Å²) in [4.78, 5) is 13.8. The highest BCUT2D eigenvalue weighted by Crippen LogP contribution is 2.26. The smallest absolute Gasteiger partial charge is 0.230 e. The summed E-state index contributed by atoms with van der Waals surface area (Å²) in [5.41, 5.74) is 1.13. The number of thiophene rings is 1. The summed E-state index contributed by atoms with van der Waals surface area (Å²) in [6.45, 7) is 10.9. The molecule has 164 valence electrons. The third kappa shape index (κ3) is 6.45. The average molecular weight is 457 g/mol. The number of carbonyl (C=O) groups excluding carboxylic acids is 1. The normalized spacial score (nSPS) is 12.0. The second-order valence-electron chi connectivity index (χ2n) is 7.50. The number of rotatable bonds is 11. The number of nitrogens with zero attached hydrogens (tertiary/aromatic N) is 3. The van der Waals surface area contributed by atoms with E-state index in [0.717, 1.165) is 11.3 Å². The standard InChI is InChI=1S/C23H28N4O2S2/c1-5-11-27-20(14-29-18-9-6-8-17(4)13-18)25-26-23(27)31-15-21(28)24-22(16(2)3)19-10-7-12-30-19/h5-10,12-13,16,22H,1,11,14-15H2,2-4H3,(H,24,28). The number of aryl methyl sites for hydroxylation is 1. The third-order valence-corrected chi connectivity index (χ3v) is 6.55. The Bertz CT molecular complexity index is 999. The number of allylic oxidation sites excluding steroid dienone is 1. The minimum atomic E-state index is -0.0252. The highest BCUT2D eigenvalue weighted by Gasteiger charge is 2.20. The molecule has 0 aliphatic carbocycles. The number of benzene rings is 1. The average Bonchev–Trinajstić information content (AvgIpc) is 3.39. The first-order valence-corrected chi connectivity index (χ1v) is 12.0. The number of hydrogen-bond donors (Lipinski definition) is 1. The van der Waals surface area contributed by atoms with Gasteiger partial charge >= 0.3 is 0 Å². The van der Waals surface area contributed by atoms with Crippen LogP contribution < -0.4 is 10.1 Å². The molecule has 1 atom stereocenters. The van der Waals surface area contributed by atoms with Crippen molar-refractivity contribution in [1.82, 2.24) is 20.1 Å². The maximum atomic E-state index is 12.6. The Balaban J connectivity index is 1.61. The summed E-state index contributed by atoms with van der Waals surface area (Å²) in [6.07, 6.45) is 1.79. The molecule has 0 fully saturated rings. The molecule has 3 aromatic rings. The van der Waals surface area contributed by atoms with E-state index in [4.69, 9.17) is 4.74 Å². The molecule has 0 saturated heterocycles. The second-order valence-corrected chi connectivity index (χ2v) is 9.42. The zero-order chi connectivity index (χ0) is 22.2. The number of ether oxygens (including phenoxy) is 1. The number of hydrogen-bond acceptors (Lipinski definition) is 6. The molecule has 3 rings (SSSR count). The van der Waals surface area contributed by atoms with Gasteiger partial charge in [-0.3, -0.25) is 9.36 Å². The topological polar surface area (TPSA) is 69.0 Å². The van der Waals surface area contributed by atoms with Gasteiger partial charge in [-0.1, -0.05) is 49.9 Å². The van der Waals surface area contributed by atoms with E-state index < -0.39 is 0 Å². The zero-order valence-corrected chi connectivity index (χ0v) is 19.7. The molecule has 0 aliphatic heterocycles. The van der Waals surface area contributed by atoms with Crippen LogP contribution in [0.5, 0.6) is 5.75 Å². The van der Waals surface area contributed by atoms with Gasteiger partial charge in [0.05, 0.1) is 11.8 Å². The molecule has 0 spiro atoms. The Morgan fingerprint density at radius 2 is 2.16 bits per heavy atom. The summed E-state index contributed by atoms with van der Waals surface area (Å²) in [6, 6.07) is 12.0. The number of amides is 1. The van der Waals surface area contributed by atoms with Crippen molar-refractivity contribution in [2.75, 3.05) is 5.75 Å². The predicted molar refractivity (Wildman–Crippen MR) is 126 cm³/mol. The highest BCUT2D eigenvalue weighted by molar-refractivity contribution is 7.99. The van der Waals surface area contributed by atoms with E-state index in [0.29, 0.717) is 30.1 Å². The van der Waals surface area contributed by atoms with Crippen LogP contribution in [0.1, 0.15) is 36.2 Å². The maximum absolute atomic E-state index is 12.6. The van der Waals surface area contributed by atoms with E-state index in [2.05, 4.69) is 42.0 Å². The van der Waals surface area contributed by atoms with Gasteiger partial charge in [-0.25, -0.2) is 0 Å². The zero-order valence-electron chi connectivity index (χ0n) is 18.1. The molecule has 1 N–H and O–H groups in total. The summed E-state index contributed by atoms with van der Waals surface area (Å²) < 4.78 is 7.80. The van der Waals surface area contributed by atoms with E-state index in [9.17, 15) is 4.79 Å².